The fraction of sp³-hybridized carbons (Fsp3) is 0.357. The van der Waals surface area contributed by atoms with Crippen LogP contribution in [0.2, 0.25) is 5.02 Å². The molecule has 2 aromatic heterocycles. The van der Waals surface area contributed by atoms with Gasteiger partial charge in [0.1, 0.15) is 0 Å². The molecule has 0 spiro atoms. The number of rotatable bonds is 2. The summed E-state index contributed by atoms with van der Waals surface area (Å²) < 4.78 is 0. The summed E-state index contributed by atoms with van der Waals surface area (Å²) in [4.78, 5) is 5.32. The van der Waals surface area contributed by atoms with Crippen molar-refractivity contribution in [2.75, 3.05) is 0 Å². The van der Waals surface area contributed by atoms with Crippen LogP contribution in [0.1, 0.15) is 41.0 Å². The van der Waals surface area contributed by atoms with Gasteiger partial charge in [-0.05, 0) is 42.3 Å². The third kappa shape index (κ3) is 2.07. The first kappa shape index (κ1) is 12.2. The minimum atomic E-state index is -0.536. The van der Waals surface area contributed by atoms with Crippen LogP contribution in [0, 0.1) is 0 Å². The highest BCUT2D eigenvalue weighted by Gasteiger charge is 2.30. The molecule has 0 saturated heterocycles. The lowest BCUT2D eigenvalue weighted by Crippen LogP contribution is -2.18. The number of fused-ring (bicyclic) bond motifs is 1. The summed E-state index contributed by atoms with van der Waals surface area (Å²) >= 11 is 7.63. The number of thiophene rings is 1. The van der Waals surface area contributed by atoms with Crippen LogP contribution in [0.4, 0.5) is 0 Å². The predicted octanol–water partition coefficient (Wildman–Crippen LogP) is 3.95. The molecule has 1 aliphatic carbocycles. The van der Waals surface area contributed by atoms with Crippen molar-refractivity contribution in [2.24, 2.45) is 0 Å². The second kappa shape index (κ2) is 5.00. The van der Waals surface area contributed by atoms with Crippen molar-refractivity contribution in [3.8, 4) is 0 Å². The van der Waals surface area contributed by atoms with Gasteiger partial charge in [-0.3, -0.25) is 4.98 Å². The number of hydrogen-bond acceptors (Lipinski definition) is 3. The quantitative estimate of drug-likeness (QED) is 0.903. The molecule has 0 bridgehead atoms. The van der Waals surface area contributed by atoms with E-state index in [-0.39, 0.29) is 5.92 Å². The highest BCUT2D eigenvalue weighted by atomic mass is 35.5. The number of hydrogen-bond donors (Lipinski definition) is 1. The molecule has 0 fully saturated rings. The van der Waals surface area contributed by atoms with E-state index in [1.54, 1.807) is 6.20 Å². The Kier molecular flexibility index (Phi) is 3.37. The lowest BCUT2D eigenvalue weighted by Gasteiger charge is -2.27. The fourth-order valence-corrected chi connectivity index (χ4v) is 3.87. The fourth-order valence-electron chi connectivity index (χ4n) is 2.65. The van der Waals surface area contributed by atoms with Gasteiger partial charge in [-0.15, -0.1) is 11.3 Å². The molecule has 4 heteroatoms. The molecule has 2 aromatic rings. The maximum Gasteiger partial charge on any atom is 0.0980 e. The third-order valence-electron chi connectivity index (χ3n) is 3.53. The zero-order valence-electron chi connectivity index (χ0n) is 9.84. The van der Waals surface area contributed by atoms with Gasteiger partial charge in [0.25, 0.3) is 0 Å². The molecule has 1 aliphatic rings. The van der Waals surface area contributed by atoms with Gasteiger partial charge in [0.05, 0.1) is 16.0 Å². The van der Waals surface area contributed by atoms with Gasteiger partial charge in [0.2, 0.25) is 0 Å². The third-order valence-corrected chi connectivity index (χ3v) is 4.96. The number of halogens is 1. The van der Waals surface area contributed by atoms with Crippen LogP contribution in [0.3, 0.4) is 0 Å². The lowest BCUT2D eigenvalue weighted by molar-refractivity contribution is 0.137. The number of aryl methyl sites for hydroxylation is 1. The Balaban J connectivity index is 1.97. The Morgan fingerprint density at radius 2 is 2.33 bits per heavy atom. The second-order valence-corrected chi connectivity index (χ2v) is 5.98. The van der Waals surface area contributed by atoms with Crippen molar-refractivity contribution in [3.05, 3.63) is 50.9 Å². The number of aliphatic hydroxyl groups is 1. The number of pyridine rings is 1. The summed E-state index contributed by atoms with van der Waals surface area (Å²) in [6.45, 7) is 0. The summed E-state index contributed by atoms with van der Waals surface area (Å²) in [5.74, 6) is 0.0751. The molecule has 2 heterocycles. The highest BCUT2D eigenvalue weighted by Crippen LogP contribution is 2.42. The number of aromatic nitrogens is 1. The number of nitrogens with zero attached hydrogens (tertiary/aromatic N) is 1. The molecule has 3 rings (SSSR count). The summed E-state index contributed by atoms with van der Waals surface area (Å²) in [6.07, 6.45) is 4.40. The first-order valence-corrected chi connectivity index (χ1v) is 7.38. The standard InChI is InChI=1S/C14H14ClNOS/c15-11-6-8-18-14(11)13(17)10-5-1-3-9-4-2-7-16-12(9)10/h2,4,6-8,10,13,17H,1,3,5H2. The number of aliphatic hydroxyl groups excluding tert-OH is 1. The topological polar surface area (TPSA) is 33.1 Å². The van der Waals surface area contributed by atoms with Crippen molar-refractivity contribution in [1.82, 2.24) is 4.98 Å². The Morgan fingerprint density at radius 1 is 1.44 bits per heavy atom. The summed E-state index contributed by atoms with van der Waals surface area (Å²) in [5.41, 5.74) is 2.31. The van der Waals surface area contributed by atoms with Gasteiger partial charge < -0.3 is 5.11 Å². The van der Waals surface area contributed by atoms with E-state index in [0.717, 1.165) is 29.8 Å². The van der Waals surface area contributed by atoms with Crippen LogP contribution in [0.5, 0.6) is 0 Å². The lowest BCUT2D eigenvalue weighted by atomic mass is 9.83. The Morgan fingerprint density at radius 3 is 3.11 bits per heavy atom. The Labute approximate surface area is 115 Å². The van der Waals surface area contributed by atoms with Gasteiger partial charge in [0, 0.05) is 17.8 Å². The van der Waals surface area contributed by atoms with E-state index in [4.69, 9.17) is 11.6 Å². The van der Waals surface area contributed by atoms with E-state index in [2.05, 4.69) is 11.1 Å². The van der Waals surface area contributed by atoms with Crippen LogP contribution in [-0.4, -0.2) is 10.1 Å². The monoisotopic (exact) mass is 279 g/mol. The van der Waals surface area contributed by atoms with Crippen LogP contribution in [0.25, 0.3) is 0 Å². The molecular formula is C14H14ClNOS. The molecule has 18 heavy (non-hydrogen) atoms. The highest BCUT2D eigenvalue weighted by molar-refractivity contribution is 7.10. The predicted molar refractivity (Wildman–Crippen MR) is 74.2 cm³/mol. The van der Waals surface area contributed by atoms with Crippen molar-refractivity contribution in [3.63, 3.8) is 0 Å². The molecule has 2 unspecified atom stereocenters. The van der Waals surface area contributed by atoms with Crippen molar-refractivity contribution in [2.45, 2.75) is 31.3 Å². The van der Waals surface area contributed by atoms with E-state index in [1.807, 2.05) is 17.5 Å². The zero-order valence-corrected chi connectivity index (χ0v) is 11.4. The molecule has 2 atom stereocenters. The van der Waals surface area contributed by atoms with Crippen molar-refractivity contribution >= 4 is 22.9 Å². The maximum absolute atomic E-state index is 10.5. The van der Waals surface area contributed by atoms with Crippen LogP contribution < -0.4 is 0 Å². The van der Waals surface area contributed by atoms with Gasteiger partial charge in [-0.2, -0.15) is 0 Å². The molecule has 1 N–H and O–H groups in total. The summed E-state index contributed by atoms with van der Waals surface area (Å²) in [5, 5.41) is 13.1. The van der Waals surface area contributed by atoms with Crippen molar-refractivity contribution in [1.29, 1.82) is 0 Å². The van der Waals surface area contributed by atoms with Crippen LogP contribution in [-0.2, 0) is 6.42 Å². The molecule has 0 saturated carbocycles. The van der Waals surface area contributed by atoms with E-state index < -0.39 is 6.10 Å². The smallest absolute Gasteiger partial charge is 0.0980 e. The largest absolute Gasteiger partial charge is 0.387 e. The van der Waals surface area contributed by atoms with Gasteiger partial charge >= 0.3 is 0 Å². The van der Waals surface area contributed by atoms with E-state index in [1.165, 1.54) is 16.9 Å². The molecule has 0 aliphatic heterocycles. The molecule has 0 radical (unpaired) electrons. The van der Waals surface area contributed by atoms with Crippen LogP contribution in [0.15, 0.2) is 29.8 Å². The molecule has 2 nitrogen and oxygen atoms in total. The maximum atomic E-state index is 10.5. The van der Waals surface area contributed by atoms with Gasteiger partial charge in [0.15, 0.2) is 0 Å². The normalized spacial score (nSPS) is 20.4. The van der Waals surface area contributed by atoms with Crippen LogP contribution >= 0.6 is 22.9 Å². The SMILES string of the molecule is OC(c1sccc1Cl)C1CCCc2cccnc21. The minimum Gasteiger partial charge on any atom is -0.387 e. The Bertz CT molecular complexity index is 554. The average molecular weight is 280 g/mol. The molecule has 0 amide bonds. The summed E-state index contributed by atoms with van der Waals surface area (Å²) in [6, 6.07) is 5.91. The first-order valence-electron chi connectivity index (χ1n) is 6.12. The van der Waals surface area contributed by atoms with E-state index >= 15 is 0 Å². The van der Waals surface area contributed by atoms with Gasteiger partial charge in [-0.25, -0.2) is 0 Å². The van der Waals surface area contributed by atoms with E-state index in [9.17, 15) is 5.11 Å². The minimum absolute atomic E-state index is 0.0751. The zero-order chi connectivity index (χ0) is 12.5. The van der Waals surface area contributed by atoms with Crippen molar-refractivity contribution < 1.29 is 5.11 Å². The average Bonchev–Trinajstić information content (AvgIpc) is 2.83. The first-order chi connectivity index (χ1) is 8.77. The molecular weight excluding hydrogens is 266 g/mol. The molecule has 94 valence electrons. The van der Waals surface area contributed by atoms with E-state index in [0.29, 0.717) is 5.02 Å². The Hall–Kier alpha value is -0.900. The second-order valence-electron chi connectivity index (χ2n) is 4.62. The summed E-state index contributed by atoms with van der Waals surface area (Å²) in [7, 11) is 0. The van der Waals surface area contributed by atoms with Gasteiger partial charge in [-0.1, -0.05) is 17.7 Å². The molecule has 0 aromatic carbocycles.